The summed E-state index contributed by atoms with van der Waals surface area (Å²) < 4.78 is 47.4. The van der Waals surface area contributed by atoms with Crippen molar-refractivity contribution in [2.75, 3.05) is 100.0 Å². The quantitative estimate of drug-likeness (QED) is 0.0643. The normalized spacial score (nSPS) is 18.7. The van der Waals surface area contributed by atoms with Crippen molar-refractivity contribution in [3.8, 4) is 28.7 Å². The lowest BCUT2D eigenvalue weighted by Gasteiger charge is -2.31. The summed E-state index contributed by atoms with van der Waals surface area (Å²) in [7, 11) is 4.75. The predicted octanol–water partition coefficient (Wildman–Crippen LogP) is 7.51. The Morgan fingerprint density at radius 2 is 1.18 bits per heavy atom. The number of nitrogens with zero attached hydrogens (tertiary/aromatic N) is 6. The second-order valence-corrected chi connectivity index (χ2v) is 19.1. The Bertz CT molecular complexity index is 2250. The average Bonchev–Trinajstić information content (AvgIpc) is 3.92. The fraction of sp³-hybridized carbons (Fsp3) is 0.510. The molecule has 0 saturated carbocycles. The summed E-state index contributed by atoms with van der Waals surface area (Å²) in [5.41, 5.74) is 5.50. The molecule has 2 atom stereocenters. The first-order valence-electron chi connectivity index (χ1n) is 23.2. The van der Waals surface area contributed by atoms with Gasteiger partial charge in [0.25, 0.3) is 11.8 Å². The van der Waals surface area contributed by atoms with Crippen molar-refractivity contribution in [1.82, 2.24) is 19.7 Å². The zero-order valence-corrected chi connectivity index (χ0v) is 41.5. The number of amides is 2. The van der Waals surface area contributed by atoms with Crippen LogP contribution < -0.4 is 23.7 Å². The van der Waals surface area contributed by atoms with E-state index in [2.05, 4.69) is 37.2 Å². The van der Waals surface area contributed by atoms with E-state index in [-0.39, 0.29) is 41.9 Å². The maximum atomic E-state index is 13.7. The first-order valence-corrected chi connectivity index (χ1v) is 24.4. The minimum atomic E-state index is -0.108. The van der Waals surface area contributed by atoms with Gasteiger partial charge < -0.3 is 47.7 Å². The molecule has 0 spiro atoms. The van der Waals surface area contributed by atoms with Gasteiger partial charge in [0.05, 0.1) is 93.2 Å². The number of allylic oxidation sites excluding steroid dienone is 2. The highest BCUT2D eigenvalue weighted by Gasteiger charge is 2.36. The van der Waals surface area contributed by atoms with E-state index in [1.54, 1.807) is 45.6 Å². The van der Waals surface area contributed by atoms with E-state index in [0.29, 0.717) is 122 Å². The van der Waals surface area contributed by atoms with E-state index in [1.807, 2.05) is 60.0 Å². The molecule has 16 nitrogen and oxygen atoms in total. The standard InChI is InChI=1S/C51H66N6O10S/c1-9-34-19-38-27-52-43-25-47(45(61-6)23-41(43)49(58)56(38)29-34)66-31-36-21-40(65-14-12-55(33-51(3,4)68-8)11-13-63-17-18-64-16-15-60-5)22-37(54-36)32-67-48-26-44-42(24-46(48)62-7)50(59)57-30-35(10-2)20-39(57)28-53-44/h9-10,21-28,38-39H,11-20,29-33H2,1-8H3/b34-9+,35-10+/t38-,39-/m0/s1. The van der Waals surface area contributed by atoms with Crippen LogP contribution in [0.4, 0.5) is 11.4 Å². The molecule has 2 fully saturated rings. The van der Waals surface area contributed by atoms with Crippen LogP contribution >= 0.6 is 11.8 Å². The monoisotopic (exact) mass is 954 g/mol. The molecule has 2 aromatic carbocycles. The molecule has 7 rings (SSSR count). The van der Waals surface area contributed by atoms with E-state index < -0.39 is 0 Å². The molecule has 4 aliphatic heterocycles. The van der Waals surface area contributed by atoms with Crippen LogP contribution in [-0.2, 0) is 27.4 Å². The lowest BCUT2D eigenvalue weighted by Crippen LogP contribution is -2.40. The highest BCUT2D eigenvalue weighted by molar-refractivity contribution is 7.99. The fourth-order valence-electron chi connectivity index (χ4n) is 8.51. The molecule has 3 aromatic rings. The van der Waals surface area contributed by atoms with Gasteiger partial charge in [0.2, 0.25) is 0 Å². The van der Waals surface area contributed by atoms with Gasteiger partial charge in [-0.15, -0.1) is 0 Å². The Labute approximate surface area is 404 Å². The van der Waals surface area contributed by atoms with Gasteiger partial charge in [-0.25, -0.2) is 0 Å². The van der Waals surface area contributed by atoms with Crippen LogP contribution in [0.1, 0.15) is 72.6 Å². The summed E-state index contributed by atoms with van der Waals surface area (Å²) in [6.45, 7) is 14.9. The van der Waals surface area contributed by atoms with Gasteiger partial charge in [-0.3, -0.25) is 29.5 Å². The maximum Gasteiger partial charge on any atom is 0.257 e. The van der Waals surface area contributed by atoms with E-state index in [1.165, 1.54) is 11.1 Å². The van der Waals surface area contributed by atoms with Crippen molar-refractivity contribution in [2.24, 2.45) is 9.98 Å². The first kappa shape index (κ1) is 50.4. The van der Waals surface area contributed by atoms with Crippen LogP contribution in [0.5, 0.6) is 28.7 Å². The number of aromatic nitrogens is 1. The number of benzene rings is 2. The number of thioether (sulfide) groups is 1. The Hall–Kier alpha value is -5.46. The third kappa shape index (κ3) is 12.6. The number of methoxy groups -OCH3 is 3. The van der Waals surface area contributed by atoms with E-state index in [4.69, 9.17) is 52.9 Å². The molecule has 0 unspecified atom stereocenters. The van der Waals surface area contributed by atoms with Crippen molar-refractivity contribution < 1.29 is 47.5 Å². The smallest absolute Gasteiger partial charge is 0.257 e. The summed E-state index contributed by atoms with van der Waals surface area (Å²) in [5, 5.41) is 0. The van der Waals surface area contributed by atoms with Crippen LogP contribution in [0.3, 0.4) is 0 Å². The molecule has 366 valence electrons. The minimum absolute atomic E-state index is 0.0128. The van der Waals surface area contributed by atoms with Gasteiger partial charge in [-0.05, 0) is 58.9 Å². The van der Waals surface area contributed by atoms with Crippen LogP contribution in [0.2, 0.25) is 0 Å². The topological polar surface area (TPSA) is 155 Å². The Morgan fingerprint density at radius 3 is 1.66 bits per heavy atom. The second kappa shape index (κ2) is 23.7. The highest BCUT2D eigenvalue weighted by atomic mass is 32.2. The predicted molar refractivity (Wildman–Crippen MR) is 265 cm³/mol. The number of hydrogen-bond acceptors (Lipinski definition) is 15. The highest BCUT2D eigenvalue weighted by Crippen LogP contribution is 2.41. The zero-order valence-electron chi connectivity index (χ0n) is 40.7. The fourth-order valence-corrected chi connectivity index (χ4v) is 8.82. The molecule has 0 radical (unpaired) electrons. The molecule has 1 aromatic heterocycles. The number of fused-ring (bicyclic) bond motifs is 4. The van der Waals surface area contributed by atoms with Crippen molar-refractivity contribution in [3.63, 3.8) is 0 Å². The van der Waals surface area contributed by atoms with Crippen LogP contribution in [-0.4, -0.2) is 161 Å². The molecule has 5 heterocycles. The second-order valence-electron chi connectivity index (χ2n) is 17.6. The SMILES string of the molecule is C/C=C1\C[C@H]2C=Nc3cc(OCc4cc(OCCN(CCOCCOCCOC)CC(C)(C)SC)cc(COc5cc6c(cc5OC)C(=O)N5C/C(=C/C)C[C@H]5C=N6)n4)c(OC)cc3C(=O)N2C1. The largest absolute Gasteiger partial charge is 0.493 e. The average molecular weight is 955 g/mol. The first-order chi connectivity index (χ1) is 33.0. The summed E-state index contributed by atoms with van der Waals surface area (Å²) in [6, 6.07) is 10.4. The van der Waals surface area contributed by atoms with Crippen molar-refractivity contribution >= 4 is 47.4 Å². The number of hydrogen-bond donors (Lipinski definition) is 0. The van der Waals surface area contributed by atoms with E-state index >= 15 is 0 Å². The molecule has 0 bridgehead atoms. The molecule has 2 saturated heterocycles. The molecular weight excluding hydrogens is 889 g/mol. The van der Waals surface area contributed by atoms with Gasteiger partial charge >= 0.3 is 0 Å². The van der Waals surface area contributed by atoms with E-state index in [9.17, 15) is 9.59 Å². The minimum Gasteiger partial charge on any atom is -0.493 e. The third-order valence-corrected chi connectivity index (χ3v) is 13.7. The summed E-state index contributed by atoms with van der Waals surface area (Å²) in [6.07, 6.45) is 11.5. The molecule has 17 heteroatoms. The van der Waals surface area contributed by atoms with Gasteiger partial charge in [0.15, 0.2) is 23.0 Å². The lowest BCUT2D eigenvalue weighted by atomic mass is 10.1. The number of pyridine rings is 1. The molecule has 2 amide bonds. The van der Waals surface area contributed by atoms with E-state index in [0.717, 1.165) is 25.9 Å². The number of rotatable bonds is 24. The number of aliphatic imine (C=N–C) groups is 2. The van der Waals surface area contributed by atoms with Crippen molar-refractivity contribution in [2.45, 2.75) is 70.6 Å². The van der Waals surface area contributed by atoms with Gasteiger partial charge in [0, 0.05) is 81.3 Å². The number of carbonyl (C=O) groups is 2. The van der Waals surface area contributed by atoms with Crippen LogP contribution in [0.15, 0.2) is 69.7 Å². The number of ether oxygens (including phenoxy) is 8. The molecule has 0 N–H and O–H groups in total. The Morgan fingerprint density at radius 1 is 0.676 bits per heavy atom. The molecule has 0 aliphatic carbocycles. The van der Waals surface area contributed by atoms with Gasteiger partial charge in [0.1, 0.15) is 25.6 Å². The third-order valence-electron chi connectivity index (χ3n) is 12.5. The Balaban J connectivity index is 1.10. The summed E-state index contributed by atoms with van der Waals surface area (Å²) >= 11 is 1.82. The Kier molecular flexibility index (Phi) is 17.6. The lowest BCUT2D eigenvalue weighted by molar-refractivity contribution is 0.0184. The summed E-state index contributed by atoms with van der Waals surface area (Å²) in [4.78, 5) is 48.0. The summed E-state index contributed by atoms with van der Waals surface area (Å²) in [5.74, 6) is 2.03. The van der Waals surface area contributed by atoms with Crippen LogP contribution in [0.25, 0.3) is 0 Å². The van der Waals surface area contributed by atoms with Gasteiger partial charge in [-0.2, -0.15) is 11.8 Å². The zero-order chi connectivity index (χ0) is 48.2. The van der Waals surface area contributed by atoms with Crippen molar-refractivity contribution in [3.05, 3.63) is 82.2 Å². The van der Waals surface area contributed by atoms with Gasteiger partial charge in [-0.1, -0.05) is 23.3 Å². The molecular formula is C51H66N6O10S. The van der Waals surface area contributed by atoms with Crippen molar-refractivity contribution in [1.29, 1.82) is 0 Å². The maximum absolute atomic E-state index is 13.7. The number of carbonyl (C=O) groups excluding carboxylic acids is 2. The molecule has 68 heavy (non-hydrogen) atoms. The molecule has 4 aliphatic rings. The van der Waals surface area contributed by atoms with Crippen LogP contribution in [0, 0.1) is 0 Å².